The summed E-state index contributed by atoms with van der Waals surface area (Å²) >= 11 is 0. The molecule has 3 aromatic rings. The minimum atomic E-state index is -3.69. The topological polar surface area (TPSA) is 79.0 Å². The lowest BCUT2D eigenvalue weighted by molar-refractivity contribution is 0.112. The minimum Gasteiger partial charge on any atom is -0.360 e. The number of carbonyl (C=O) groups is 1. The second-order valence-corrected chi connectivity index (χ2v) is 6.19. The highest BCUT2D eigenvalue weighted by Crippen LogP contribution is 2.27. The molecule has 0 amide bonds. The molecule has 0 spiro atoms. The molecule has 0 aliphatic carbocycles. The van der Waals surface area contributed by atoms with E-state index in [1.165, 1.54) is 12.1 Å². The number of H-pyrrole nitrogens is 1. The molecule has 1 aromatic heterocycles. The van der Waals surface area contributed by atoms with Crippen molar-refractivity contribution in [2.24, 2.45) is 0 Å². The molecule has 0 saturated carbocycles. The van der Waals surface area contributed by atoms with Crippen LogP contribution < -0.4 is 4.72 Å². The van der Waals surface area contributed by atoms with Crippen molar-refractivity contribution in [3.63, 3.8) is 0 Å². The zero-order valence-corrected chi connectivity index (χ0v) is 11.7. The first kappa shape index (κ1) is 13.4. The Hall–Kier alpha value is -2.60. The SMILES string of the molecule is O=Cc1c[nH]c2cccc(NS(=O)(=O)c3ccccc3)c12. The summed E-state index contributed by atoms with van der Waals surface area (Å²) in [5.74, 6) is 0. The Morgan fingerprint density at radius 3 is 2.48 bits per heavy atom. The number of hydrogen-bond donors (Lipinski definition) is 2. The van der Waals surface area contributed by atoms with Crippen molar-refractivity contribution in [1.29, 1.82) is 0 Å². The van der Waals surface area contributed by atoms with Crippen molar-refractivity contribution < 1.29 is 13.2 Å². The fourth-order valence-electron chi connectivity index (χ4n) is 2.19. The molecule has 5 nitrogen and oxygen atoms in total. The number of carbonyl (C=O) groups excluding carboxylic acids is 1. The number of benzene rings is 2. The number of hydrogen-bond acceptors (Lipinski definition) is 3. The minimum absolute atomic E-state index is 0.171. The van der Waals surface area contributed by atoms with E-state index < -0.39 is 10.0 Å². The summed E-state index contributed by atoms with van der Waals surface area (Å²) in [7, 11) is -3.69. The molecule has 0 fully saturated rings. The predicted octanol–water partition coefficient (Wildman–Crippen LogP) is 2.78. The van der Waals surface area contributed by atoms with E-state index in [2.05, 4.69) is 9.71 Å². The van der Waals surface area contributed by atoms with Crippen LogP contribution in [0.25, 0.3) is 10.9 Å². The summed E-state index contributed by atoms with van der Waals surface area (Å²) < 4.78 is 27.2. The van der Waals surface area contributed by atoms with E-state index in [-0.39, 0.29) is 4.90 Å². The Morgan fingerprint density at radius 1 is 1.00 bits per heavy atom. The van der Waals surface area contributed by atoms with Crippen LogP contribution in [0, 0.1) is 0 Å². The van der Waals surface area contributed by atoms with Gasteiger partial charge in [0.25, 0.3) is 10.0 Å². The van der Waals surface area contributed by atoms with Crippen molar-refractivity contribution in [3.05, 3.63) is 60.3 Å². The molecule has 0 aliphatic heterocycles. The van der Waals surface area contributed by atoms with Gasteiger partial charge in [0.15, 0.2) is 6.29 Å². The molecule has 21 heavy (non-hydrogen) atoms. The largest absolute Gasteiger partial charge is 0.360 e. The Morgan fingerprint density at radius 2 is 1.76 bits per heavy atom. The first-order valence-electron chi connectivity index (χ1n) is 6.25. The van der Waals surface area contributed by atoms with E-state index in [1.54, 1.807) is 42.6 Å². The first-order chi connectivity index (χ1) is 10.1. The van der Waals surface area contributed by atoms with Crippen molar-refractivity contribution in [2.75, 3.05) is 4.72 Å². The number of nitrogens with one attached hydrogen (secondary N) is 2. The Labute approximate surface area is 121 Å². The van der Waals surface area contributed by atoms with Crippen molar-refractivity contribution >= 4 is 32.9 Å². The fraction of sp³-hybridized carbons (Fsp3) is 0. The summed E-state index contributed by atoms with van der Waals surface area (Å²) in [5.41, 5.74) is 1.49. The Balaban J connectivity index is 2.10. The van der Waals surface area contributed by atoms with E-state index in [1.807, 2.05) is 0 Å². The number of rotatable bonds is 4. The van der Waals surface area contributed by atoms with Crippen LogP contribution in [0.3, 0.4) is 0 Å². The molecule has 0 saturated heterocycles. The van der Waals surface area contributed by atoms with Gasteiger partial charge in [-0.05, 0) is 24.3 Å². The summed E-state index contributed by atoms with van der Waals surface area (Å²) in [5, 5.41) is 0.562. The molecular formula is C15H12N2O3S. The van der Waals surface area contributed by atoms with Gasteiger partial charge in [0.2, 0.25) is 0 Å². The summed E-state index contributed by atoms with van der Waals surface area (Å²) in [6.45, 7) is 0. The normalized spacial score (nSPS) is 11.4. The second kappa shape index (κ2) is 5.06. The molecule has 106 valence electrons. The third-order valence-electron chi connectivity index (χ3n) is 3.16. The first-order valence-corrected chi connectivity index (χ1v) is 7.73. The smallest absolute Gasteiger partial charge is 0.261 e. The van der Waals surface area contributed by atoms with E-state index in [0.717, 1.165) is 0 Å². The van der Waals surface area contributed by atoms with Gasteiger partial charge in [-0.3, -0.25) is 9.52 Å². The van der Waals surface area contributed by atoms with Crippen LogP contribution >= 0.6 is 0 Å². The quantitative estimate of drug-likeness (QED) is 0.727. The lowest BCUT2D eigenvalue weighted by Gasteiger charge is -2.09. The average Bonchev–Trinajstić information content (AvgIpc) is 2.92. The van der Waals surface area contributed by atoms with E-state index in [4.69, 9.17) is 0 Å². The van der Waals surface area contributed by atoms with Gasteiger partial charge in [0.05, 0.1) is 10.6 Å². The maximum absolute atomic E-state index is 12.4. The molecule has 2 aromatic carbocycles. The molecular weight excluding hydrogens is 288 g/mol. The number of aromatic amines is 1. The van der Waals surface area contributed by atoms with Gasteiger partial charge >= 0.3 is 0 Å². The van der Waals surface area contributed by atoms with E-state index in [9.17, 15) is 13.2 Å². The van der Waals surface area contributed by atoms with Crippen molar-refractivity contribution in [3.8, 4) is 0 Å². The third kappa shape index (κ3) is 2.41. The van der Waals surface area contributed by atoms with Crippen LogP contribution in [0.1, 0.15) is 10.4 Å². The predicted molar refractivity (Wildman–Crippen MR) is 80.9 cm³/mol. The molecule has 2 N–H and O–H groups in total. The van der Waals surface area contributed by atoms with Gasteiger partial charge in [-0.15, -0.1) is 0 Å². The number of sulfonamides is 1. The van der Waals surface area contributed by atoms with Crippen LogP contribution in [0.4, 0.5) is 5.69 Å². The van der Waals surface area contributed by atoms with Crippen molar-refractivity contribution in [2.45, 2.75) is 4.90 Å². The Kier molecular flexibility index (Phi) is 3.23. The molecule has 3 rings (SSSR count). The number of anilines is 1. The van der Waals surface area contributed by atoms with Crippen molar-refractivity contribution in [1.82, 2.24) is 4.98 Å². The van der Waals surface area contributed by atoms with Gasteiger partial charge in [-0.25, -0.2) is 8.42 Å². The fourth-order valence-corrected chi connectivity index (χ4v) is 3.29. The van der Waals surface area contributed by atoms with E-state index in [0.29, 0.717) is 28.4 Å². The molecule has 0 bridgehead atoms. The molecule has 6 heteroatoms. The third-order valence-corrected chi connectivity index (χ3v) is 4.54. The molecule has 0 unspecified atom stereocenters. The highest BCUT2D eigenvalue weighted by molar-refractivity contribution is 7.92. The van der Waals surface area contributed by atoms with Gasteiger partial charge in [0.1, 0.15) is 0 Å². The molecule has 1 heterocycles. The van der Waals surface area contributed by atoms with Gasteiger partial charge < -0.3 is 4.98 Å². The summed E-state index contributed by atoms with van der Waals surface area (Å²) in [4.78, 5) is 14.2. The lowest BCUT2D eigenvalue weighted by atomic mass is 10.1. The van der Waals surface area contributed by atoms with Crippen LogP contribution in [-0.4, -0.2) is 19.7 Å². The standard InChI is InChI=1S/C15H12N2O3S/c18-10-11-9-16-13-7-4-8-14(15(11)13)17-21(19,20)12-5-2-1-3-6-12/h1-10,16-17H. The van der Waals surface area contributed by atoms with Crippen LogP contribution in [0.2, 0.25) is 0 Å². The summed E-state index contributed by atoms with van der Waals surface area (Å²) in [6, 6.07) is 13.2. The monoisotopic (exact) mass is 300 g/mol. The summed E-state index contributed by atoms with van der Waals surface area (Å²) in [6.07, 6.45) is 2.25. The molecule has 0 aliphatic rings. The average molecular weight is 300 g/mol. The highest BCUT2D eigenvalue weighted by Gasteiger charge is 2.16. The van der Waals surface area contributed by atoms with Crippen LogP contribution in [-0.2, 0) is 10.0 Å². The maximum atomic E-state index is 12.4. The van der Waals surface area contributed by atoms with Crippen LogP contribution in [0.5, 0.6) is 0 Å². The van der Waals surface area contributed by atoms with Gasteiger partial charge in [-0.1, -0.05) is 24.3 Å². The van der Waals surface area contributed by atoms with E-state index >= 15 is 0 Å². The van der Waals surface area contributed by atoms with Gasteiger partial charge in [-0.2, -0.15) is 0 Å². The molecule has 0 atom stereocenters. The highest BCUT2D eigenvalue weighted by atomic mass is 32.2. The van der Waals surface area contributed by atoms with Crippen LogP contribution in [0.15, 0.2) is 59.6 Å². The maximum Gasteiger partial charge on any atom is 0.261 e. The number of fused-ring (bicyclic) bond motifs is 1. The Bertz CT molecular complexity index is 899. The lowest BCUT2D eigenvalue weighted by Crippen LogP contribution is -2.13. The zero-order chi connectivity index (χ0) is 14.9. The molecule has 0 radical (unpaired) electrons. The zero-order valence-electron chi connectivity index (χ0n) is 10.9. The number of aromatic nitrogens is 1. The second-order valence-electron chi connectivity index (χ2n) is 4.51. The number of aldehydes is 1. The van der Waals surface area contributed by atoms with Gasteiger partial charge in [0, 0.05) is 22.7 Å².